The van der Waals surface area contributed by atoms with E-state index >= 15 is 0 Å². The molecule has 0 saturated carbocycles. The molecule has 0 aliphatic heterocycles. The van der Waals surface area contributed by atoms with Crippen LogP contribution in [0, 0.1) is 5.82 Å². The summed E-state index contributed by atoms with van der Waals surface area (Å²) in [5, 5.41) is 4.41. The highest BCUT2D eigenvalue weighted by atomic mass is 79.9. The largest absolute Gasteiger partial charge is 0.313 e. The molecule has 2 rings (SSSR count). The molecular weight excluding hydrogens is 364 g/mol. The van der Waals surface area contributed by atoms with Crippen molar-refractivity contribution in [2.75, 3.05) is 7.05 Å². The third-order valence-corrected chi connectivity index (χ3v) is 4.57. The third kappa shape index (κ3) is 3.53. The van der Waals surface area contributed by atoms with Gasteiger partial charge in [0.1, 0.15) is 5.82 Å². The van der Waals surface area contributed by atoms with Gasteiger partial charge < -0.3 is 5.32 Å². The van der Waals surface area contributed by atoms with E-state index in [0.29, 0.717) is 20.9 Å². The number of hydrogen-bond donors (Lipinski definition) is 1. The normalized spacial score (nSPS) is 12.4. The van der Waals surface area contributed by atoms with Gasteiger partial charge in [0, 0.05) is 16.1 Å². The number of nitrogens with one attached hydrogen (secondary N) is 1. The molecule has 20 heavy (non-hydrogen) atoms. The minimum atomic E-state index is -0.273. The van der Waals surface area contributed by atoms with Crippen LogP contribution in [-0.4, -0.2) is 7.05 Å². The Morgan fingerprint density at radius 3 is 2.65 bits per heavy atom. The maximum absolute atomic E-state index is 13.6. The zero-order valence-corrected chi connectivity index (χ0v) is 13.9. The molecule has 5 heteroatoms. The minimum Gasteiger partial charge on any atom is -0.313 e. The lowest BCUT2D eigenvalue weighted by Crippen LogP contribution is -2.19. The van der Waals surface area contributed by atoms with Crippen molar-refractivity contribution in [3.05, 3.63) is 67.9 Å². The summed E-state index contributed by atoms with van der Waals surface area (Å²) in [5.74, 6) is -0.273. The lowest BCUT2D eigenvalue weighted by Gasteiger charge is -2.19. The van der Waals surface area contributed by atoms with Crippen LogP contribution in [0.3, 0.4) is 0 Å². The van der Waals surface area contributed by atoms with E-state index < -0.39 is 0 Å². The van der Waals surface area contributed by atoms with E-state index in [1.54, 1.807) is 18.2 Å². The van der Waals surface area contributed by atoms with Crippen LogP contribution >= 0.6 is 39.1 Å². The van der Waals surface area contributed by atoms with E-state index in [-0.39, 0.29) is 11.9 Å². The molecule has 0 bridgehead atoms. The number of halogens is 4. The second kappa shape index (κ2) is 6.90. The van der Waals surface area contributed by atoms with Crippen molar-refractivity contribution < 1.29 is 4.39 Å². The van der Waals surface area contributed by atoms with Crippen molar-refractivity contribution in [1.29, 1.82) is 0 Å². The molecule has 0 spiro atoms. The van der Waals surface area contributed by atoms with Gasteiger partial charge in [-0.2, -0.15) is 0 Å². The van der Waals surface area contributed by atoms with Gasteiger partial charge in [-0.05, 0) is 58.7 Å². The van der Waals surface area contributed by atoms with E-state index in [1.165, 1.54) is 6.07 Å². The first-order chi connectivity index (χ1) is 9.52. The molecule has 1 N–H and O–H groups in total. The average Bonchev–Trinajstić information content (AvgIpc) is 2.42. The summed E-state index contributed by atoms with van der Waals surface area (Å²) in [6.45, 7) is 0. The van der Waals surface area contributed by atoms with Crippen molar-refractivity contribution >= 4 is 39.1 Å². The predicted octanol–water partition coefficient (Wildman–Crippen LogP) is 5.40. The van der Waals surface area contributed by atoms with E-state index in [4.69, 9.17) is 23.2 Å². The van der Waals surface area contributed by atoms with Crippen LogP contribution < -0.4 is 5.32 Å². The zero-order chi connectivity index (χ0) is 14.7. The molecule has 0 saturated heterocycles. The molecule has 2 aromatic rings. The van der Waals surface area contributed by atoms with Gasteiger partial charge in [0.15, 0.2) is 0 Å². The summed E-state index contributed by atoms with van der Waals surface area (Å²) in [7, 11) is 1.84. The van der Waals surface area contributed by atoms with Crippen molar-refractivity contribution in [3.8, 4) is 0 Å². The Bertz CT molecular complexity index is 619. The lowest BCUT2D eigenvalue weighted by molar-refractivity contribution is 0.571. The van der Waals surface area contributed by atoms with Gasteiger partial charge in [-0.15, -0.1) is 0 Å². The molecule has 106 valence electrons. The van der Waals surface area contributed by atoms with Crippen molar-refractivity contribution in [2.45, 2.75) is 12.5 Å². The first kappa shape index (κ1) is 15.8. The van der Waals surface area contributed by atoms with Gasteiger partial charge in [0.2, 0.25) is 0 Å². The summed E-state index contributed by atoms with van der Waals surface area (Å²) in [4.78, 5) is 0. The number of hydrogen-bond acceptors (Lipinski definition) is 1. The first-order valence-electron chi connectivity index (χ1n) is 6.08. The Labute approximate surface area is 136 Å². The second-order valence-corrected chi connectivity index (χ2v) is 6.06. The molecule has 1 unspecified atom stereocenters. The molecule has 0 aromatic heterocycles. The highest BCUT2D eigenvalue weighted by Crippen LogP contribution is 2.30. The maximum atomic E-state index is 13.6. The van der Waals surface area contributed by atoms with E-state index in [0.717, 1.165) is 11.1 Å². The monoisotopic (exact) mass is 375 g/mol. The smallest absolute Gasteiger partial charge is 0.137 e. The van der Waals surface area contributed by atoms with Gasteiger partial charge in [0.05, 0.1) is 4.47 Å². The fourth-order valence-electron chi connectivity index (χ4n) is 2.06. The van der Waals surface area contributed by atoms with Gasteiger partial charge in [-0.3, -0.25) is 0 Å². The van der Waals surface area contributed by atoms with E-state index in [1.807, 2.05) is 19.2 Å². The zero-order valence-electron chi connectivity index (χ0n) is 10.8. The standard InChI is InChI=1S/C15H13BrCl2FN/c1-20-14(11-3-2-4-13(19)15(11)16)7-9-5-6-10(17)8-12(9)18/h2-6,8,14,20H,7H2,1H3. The summed E-state index contributed by atoms with van der Waals surface area (Å²) >= 11 is 15.4. The first-order valence-corrected chi connectivity index (χ1v) is 7.63. The Hall–Kier alpha value is -0.610. The van der Waals surface area contributed by atoms with Crippen molar-refractivity contribution in [2.24, 2.45) is 0 Å². The molecule has 0 radical (unpaired) electrons. The molecule has 0 fully saturated rings. The minimum absolute atomic E-state index is 0.0428. The van der Waals surface area contributed by atoms with Crippen LogP contribution in [0.1, 0.15) is 17.2 Å². The Morgan fingerprint density at radius 1 is 1.25 bits per heavy atom. The van der Waals surface area contributed by atoms with Crippen LogP contribution in [0.4, 0.5) is 4.39 Å². The van der Waals surface area contributed by atoms with E-state index in [9.17, 15) is 4.39 Å². The van der Waals surface area contributed by atoms with Crippen LogP contribution in [0.15, 0.2) is 40.9 Å². The Morgan fingerprint density at radius 2 is 2.00 bits per heavy atom. The molecule has 0 aliphatic carbocycles. The second-order valence-electron chi connectivity index (χ2n) is 4.42. The quantitative estimate of drug-likeness (QED) is 0.753. The van der Waals surface area contributed by atoms with Crippen LogP contribution in [0.5, 0.6) is 0 Å². The van der Waals surface area contributed by atoms with Gasteiger partial charge in [-0.1, -0.05) is 41.4 Å². The topological polar surface area (TPSA) is 12.0 Å². The molecular formula is C15H13BrCl2FN. The third-order valence-electron chi connectivity index (χ3n) is 3.14. The Kier molecular flexibility index (Phi) is 5.44. The predicted molar refractivity (Wildman–Crippen MR) is 86.1 cm³/mol. The van der Waals surface area contributed by atoms with E-state index in [2.05, 4.69) is 21.2 Å². The summed E-state index contributed by atoms with van der Waals surface area (Å²) in [6, 6.07) is 10.4. The maximum Gasteiger partial charge on any atom is 0.137 e. The SMILES string of the molecule is CNC(Cc1ccc(Cl)cc1Cl)c1cccc(F)c1Br. The fraction of sp³-hybridized carbons (Fsp3) is 0.200. The average molecular weight is 377 g/mol. The molecule has 1 nitrogen and oxygen atoms in total. The molecule has 2 aromatic carbocycles. The van der Waals surface area contributed by atoms with Crippen LogP contribution in [0.25, 0.3) is 0 Å². The number of benzene rings is 2. The van der Waals surface area contributed by atoms with Crippen molar-refractivity contribution in [3.63, 3.8) is 0 Å². The highest BCUT2D eigenvalue weighted by Gasteiger charge is 2.16. The molecule has 0 heterocycles. The summed E-state index contributed by atoms with van der Waals surface area (Å²) in [6.07, 6.45) is 0.647. The molecule has 1 atom stereocenters. The fourth-order valence-corrected chi connectivity index (χ4v) is 3.09. The van der Waals surface area contributed by atoms with Crippen LogP contribution in [0.2, 0.25) is 10.0 Å². The van der Waals surface area contributed by atoms with Gasteiger partial charge in [0.25, 0.3) is 0 Å². The summed E-state index contributed by atoms with van der Waals surface area (Å²) < 4.78 is 14.1. The number of likely N-dealkylation sites (N-methyl/N-ethyl adjacent to an activating group) is 1. The number of rotatable bonds is 4. The Balaban J connectivity index is 2.31. The molecule has 0 aliphatic rings. The molecule has 0 amide bonds. The van der Waals surface area contributed by atoms with Crippen LogP contribution in [-0.2, 0) is 6.42 Å². The van der Waals surface area contributed by atoms with Gasteiger partial charge in [-0.25, -0.2) is 4.39 Å². The highest BCUT2D eigenvalue weighted by molar-refractivity contribution is 9.10. The summed E-state index contributed by atoms with van der Waals surface area (Å²) in [5.41, 5.74) is 1.82. The van der Waals surface area contributed by atoms with Crippen molar-refractivity contribution in [1.82, 2.24) is 5.32 Å². The van der Waals surface area contributed by atoms with Gasteiger partial charge >= 0.3 is 0 Å². The lowest BCUT2D eigenvalue weighted by atomic mass is 9.99.